The molecule has 24 heavy (non-hydrogen) atoms. The summed E-state index contributed by atoms with van der Waals surface area (Å²) in [6.07, 6.45) is -2.74. The van der Waals surface area contributed by atoms with E-state index < -0.39 is 30.4 Å². The second kappa shape index (κ2) is 8.71. The second-order valence-electron chi connectivity index (χ2n) is 6.10. The maximum Gasteiger partial charge on any atom is 0.185 e. The van der Waals surface area contributed by atoms with Crippen molar-refractivity contribution in [1.82, 2.24) is 0 Å². The molecule has 1 aromatic rings. The molecule has 0 aromatic heterocycles. The van der Waals surface area contributed by atoms with Gasteiger partial charge in [-0.2, -0.15) is 0 Å². The highest BCUT2D eigenvalue weighted by Crippen LogP contribution is 2.28. The highest BCUT2D eigenvalue weighted by Gasteiger charge is 2.44. The zero-order valence-electron chi connectivity index (χ0n) is 14.4. The molecule has 0 radical (unpaired) electrons. The Hall–Kier alpha value is -0.540. The Balaban J connectivity index is 2.12. The zero-order valence-corrected chi connectivity index (χ0v) is 16.0. The predicted octanol–water partition coefficient (Wildman–Crippen LogP) is 2.47. The van der Waals surface area contributed by atoms with Gasteiger partial charge in [0.2, 0.25) is 0 Å². The highest BCUT2D eigenvalue weighted by atomic mass is 79.9. The first-order chi connectivity index (χ1) is 11.4. The van der Waals surface area contributed by atoms with Crippen molar-refractivity contribution >= 4 is 15.9 Å². The van der Waals surface area contributed by atoms with Gasteiger partial charge >= 0.3 is 0 Å². The molecule has 0 spiro atoms. The van der Waals surface area contributed by atoms with Crippen LogP contribution in [-0.2, 0) is 30.3 Å². The van der Waals surface area contributed by atoms with Crippen molar-refractivity contribution in [2.45, 2.75) is 50.8 Å². The first-order valence-electron chi connectivity index (χ1n) is 7.78. The first-order valence-corrected chi connectivity index (χ1v) is 8.57. The molecule has 1 aromatic carbocycles. The first kappa shape index (κ1) is 19.8. The fourth-order valence-corrected chi connectivity index (χ4v) is 2.84. The van der Waals surface area contributed by atoms with Crippen molar-refractivity contribution in [3.05, 3.63) is 34.3 Å². The number of ether oxygens (including phenoxy) is 5. The van der Waals surface area contributed by atoms with E-state index in [9.17, 15) is 5.11 Å². The second-order valence-corrected chi connectivity index (χ2v) is 7.02. The molecule has 1 aliphatic heterocycles. The summed E-state index contributed by atoms with van der Waals surface area (Å²) < 4.78 is 29.1. The molecule has 0 amide bonds. The number of benzene rings is 1. The van der Waals surface area contributed by atoms with Crippen molar-refractivity contribution in [1.29, 1.82) is 0 Å². The van der Waals surface area contributed by atoms with Crippen molar-refractivity contribution in [3.8, 4) is 0 Å². The summed E-state index contributed by atoms with van der Waals surface area (Å²) in [6, 6.07) is 7.81. The van der Waals surface area contributed by atoms with Crippen LogP contribution < -0.4 is 0 Å². The summed E-state index contributed by atoms with van der Waals surface area (Å²) in [7, 11) is 3.06. The molecule has 3 atom stereocenters. The lowest BCUT2D eigenvalue weighted by molar-refractivity contribution is -0.340. The van der Waals surface area contributed by atoms with Crippen LogP contribution in [0.25, 0.3) is 0 Å². The van der Waals surface area contributed by atoms with E-state index in [1.807, 2.05) is 24.3 Å². The van der Waals surface area contributed by atoms with Gasteiger partial charge in [0, 0.05) is 18.7 Å². The van der Waals surface area contributed by atoms with E-state index in [0.717, 1.165) is 10.0 Å². The highest BCUT2D eigenvalue weighted by molar-refractivity contribution is 9.10. The van der Waals surface area contributed by atoms with Gasteiger partial charge in [0.25, 0.3) is 0 Å². The number of hydrogen-bond donors (Lipinski definition) is 1. The lowest BCUT2D eigenvalue weighted by Gasteiger charge is -2.43. The average molecular weight is 405 g/mol. The molecule has 1 aliphatic rings. The van der Waals surface area contributed by atoms with Crippen molar-refractivity contribution in [2.75, 3.05) is 20.8 Å². The summed E-state index contributed by atoms with van der Waals surface area (Å²) in [6.45, 7) is 4.10. The third kappa shape index (κ3) is 5.23. The van der Waals surface area contributed by atoms with Crippen molar-refractivity contribution < 1.29 is 28.8 Å². The summed E-state index contributed by atoms with van der Waals surface area (Å²) >= 11 is 3.41. The van der Waals surface area contributed by atoms with Gasteiger partial charge in [0.15, 0.2) is 12.1 Å². The molecular weight excluding hydrogens is 380 g/mol. The normalized spacial score (nSPS) is 25.0. The fraction of sp³-hybridized carbons (Fsp3) is 0.647. The van der Waals surface area contributed by atoms with E-state index in [1.165, 1.54) is 14.2 Å². The summed E-state index contributed by atoms with van der Waals surface area (Å²) in [5, 5.41) is 10.3. The molecule has 136 valence electrons. The van der Waals surface area contributed by atoms with E-state index >= 15 is 0 Å². The van der Waals surface area contributed by atoms with Gasteiger partial charge in [0.05, 0.1) is 13.2 Å². The summed E-state index contributed by atoms with van der Waals surface area (Å²) in [5.41, 5.74) is 0.995. The monoisotopic (exact) mass is 404 g/mol. The van der Waals surface area contributed by atoms with Gasteiger partial charge in [-0.3, -0.25) is 0 Å². The van der Waals surface area contributed by atoms with E-state index in [1.54, 1.807) is 13.8 Å². The Morgan fingerprint density at radius 2 is 1.88 bits per heavy atom. The Morgan fingerprint density at radius 1 is 1.25 bits per heavy atom. The Morgan fingerprint density at radius 3 is 2.46 bits per heavy atom. The number of halogens is 1. The SMILES string of the molecule is COC(OC)[C@H](OCc1ccc(Br)cc1)[C@@H]1OC(C)(C)OC[C@@H]1O. The third-order valence-corrected chi connectivity index (χ3v) is 4.34. The number of aliphatic hydroxyl groups excluding tert-OH is 1. The molecule has 1 heterocycles. The molecule has 0 unspecified atom stereocenters. The minimum atomic E-state index is -0.833. The molecular formula is C17H25BrO6. The van der Waals surface area contributed by atoms with Gasteiger partial charge in [0.1, 0.15) is 18.3 Å². The van der Waals surface area contributed by atoms with Crippen LogP contribution in [0, 0.1) is 0 Å². The van der Waals surface area contributed by atoms with E-state index in [-0.39, 0.29) is 6.61 Å². The van der Waals surface area contributed by atoms with Gasteiger partial charge in [-0.25, -0.2) is 0 Å². The smallest absolute Gasteiger partial charge is 0.185 e. The van der Waals surface area contributed by atoms with Gasteiger partial charge in [-0.1, -0.05) is 28.1 Å². The van der Waals surface area contributed by atoms with Crippen LogP contribution in [0.4, 0.5) is 0 Å². The van der Waals surface area contributed by atoms with E-state index in [4.69, 9.17) is 23.7 Å². The third-order valence-electron chi connectivity index (χ3n) is 3.81. The van der Waals surface area contributed by atoms with E-state index in [0.29, 0.717) is 6.61 Å². The maximum absolute atomic E-state index is 10.3. The minimum Gasteiger partial charge on any atom is -0.388 e. The van der Waals surface area contributed by atoms with Gasteiger partial charge in [-0.05, 0) is 31.5 Å². The maximum atomic E-state index is 10.3. The van der Waals surface area contributed by atoms with Crippen molar-refractivity contribution in [3.63, 3.8) is 0 Å². The lowest BCUT2D eigenvalue weighted by atomic mass is 10.1. The average Bonchev–Trinajstić information content (AvgIpc) is 2.55. The number of rotatable bonds is 7. The Labute approximate surface area is 151 Å². The molecule has 1 N–H and O–H groups in total. The van der Waals surface area contributed by atoms with Gasteiger partial charge in [-0.15, -0.1) is 0 Å². The van der Waals surface area contributed by atoms with Gasteiger partial charge < -0.3 is 28.8 Å². The quantitative estimate of drug-likeness (QED) is 0.704. The minimum absolute atomic E-state index is 0.163. The fourth-order valence-electron chi connectivity index (χ4n) is 2.57. The molecule has 6 nitrogen and oxygen atoms in total. The molecule has 0 saturated carbocycles. The summed E-state index contributed by atoms with van der Waals surface area (Å²) in [4.78, 5) is 0. The summed E-state index contributed by atoms with van der Waals surface area (Å²) in [5.74, 6) is -0.810. The van der Waals surface area contributed by atoms with Crippen LogP contribution in [0.3, 0.4) is 0 Å². The van der Waals surface area contributed by atoms with Crippen LogP contribution in [0.5, 0.6) is 0 Å². The number of hydrogen-bond acceptors (Lipinski definition) is 6. The van der Waals surface area contributed by atoms with Crippen LogP contribution >= 0.6 is 15.9 Å². The van der Waals surface area contributed by atoms with Crippen LogP contribution in [0.15, 0.2) is 28.7 Å². The van der Waals surface area contributed by atoms with Crippen LogP contribution in [0.1, 0.15) is 19.4 Å². The largest absolute Gasteiger partial charge is 0.388 e. The molecule has 1 saturated heterocycles. The molecule has 7 heteroatoms. The predicted molar refractivity (Wildman–Crippen MR) is 91.4 cm³/mol. The Bertz CT molecular complexity index is 502. The molecule has 0 bridgehead atoms. The van der Waals surface area contributed by atoms with E-state index in [2.05, 4.69) is 15.9 Å². The standard InChI is InChI=1S/C17H25BrO6/c1-17(2)23-10-13(19)14(24-17)15(16(20-3)21-4)22-9-11-5-7-12(18)8-6-11/h5-8,13-16,19H,9-10H2,1-4H3/t13-,14+,15+/m0/s1. The number of aliphatic hydroxyl groups is 1. The number of methoxy groups -OCH3 is 2. The molecule has 1 fully saturated rings. The molecule has 0 aliphatic carbocycles. The Kier molecular flexibility index (Phi) is 7.18. The van der Waals surface area contributed by atoms with Crippen LogP contribution in [0.2, 0.25) is 0 Å². The zero-order chi connectivity index (χ0) is 17.7. The topological polar surface area (TPSA) is 66.4 Å². The molecule has 2 rings (SSSR count). The lowest BCUT2D eigenvalue weighted by Crippen LogP contribution is -2.57. The van der Waals surface area contributed by atoms with Crippen LogP contribution in [-0.4, -0.2) is 56.3 Å². The van der Waals surface area contributed by atoms with Crippen molar-refractivity contribution in [2.24, 2.45) is 0 Å².